The molecule has 0 aliphatic rings. The molecule has 0 aliphatic carbocycles. The van der Waals surface area contributed by atoms with Crippen LogP contribution in [-0.4, -0.2) is 19.2 Å². The number of hydrogen-bond acceptors (Lipinski definition) is 3. The standard InChI is InChI=1S/C11H15NO3.Ni/c1-8(2)14-9-6-4-5-7-10(9)15-11(13)12-3;/h4-8H,1-3H3,(H,12,13);. The number of amides is 1. The van der Waals surface area contributed by atoms with E-state index in [0.29, 0.717) is 11.5 Å². The quantitative estimate of drug-likeness (QED) is 0.854. The summed E-state index contributed by atoms with van der Waals surface area (Å²) in [5.74, 6) is 0.988. The molecule has 0 bridgehead atoms. The first-order valence-corrected chi connectivity index (χ1v) is 4.78. The van der Waals surface area contributed by atoms with Crippen LogP contribution in [0.3, 0.4) is 0 Å². The van der Waals surface area contributed by atoms with Crippen LogP contribution in [0.2, 0.25) is 0 Å². The van der Waals surface area contributed by atoms with E-state index in [2.05, 4.69) is 5.32 Å². The largest absolute Gasteiger partial charge is 0.487 e. The van der Waals surface area contributed by atoms with Crippen molar-refractivity contribution in [2.45, 2.75) is 20.0 Å². The first kappa shape index (κ1) is 14.8. The molecule has 16 heavy (non-hydrogen) atoms. The number of carbonyl (C=O) groups is 1. The van der Waals surface area contributed by atoms with Crippen molar-refractivity contribution in [2.75, 3.05) is 7.05 Å². The van der Waals surface area contributed by atoms with E-state index in [4.69, 9.17) is 9.47 Å². The van der Waals surface area contributed by atoms with Gasteiger partial charge in [-0.05, 0) is 26.0 Å². The molecule has 0 fully saturated rings. The van der Waals surface area contributed by atoms with Crippen LogP contribution in [0, 0.1) is 0 Å². The van der Waals surface area contributed by atoms with E-state index < -0.39 is 6.09 Å². The summed E-state index contributed by atoms with van der Waals surface area (Å²) in [7, 11) is 1.51. The Morgan fingerprint density at radius 3 is 2.31 bits per heavy atom. The van der Waals surface area contributed by atoms with Crippen molar-refractivity contribution in [3.05, 3.63) is 24.3 Å². The Hall–Kier alpha value is -1.22. The van der Waals surface area contributed by atoms with E-state index >= 15 is 0 Å². The first-order valence-electron chi connectivity index (χ1n) is 4.78. The minimum absolute atomic E-state index is 0. The third kappa shape index (κ3) is 4.54. The topological polar surface area (TPSA) is 47.6 Å². The van der Waals surface area contributed by atoms with Gasteiger partial charge in [0.1, 0.15) is 0 Å². The summed E-state index contributed by atoms with van der Waals surface area (Å²) in [6.07, 6.45) is -0.464. The molecule has 1 amide bonds. The molecule has 0 aliphatic heterocycles. The monoisotopic (exact) mass is 267 g/mol. The molecule has 5 heteroatoms. The summed E-state index contributed by atoms with van der Waals surface area (Å²) in [6, 6.07) is 7.06. The van der Waals surface area contributed by atoms with Crippen molar-refractivity contribution in [2.24, 2.45) is 0 Å². The number of ether oxygens (including phenoxy) is 2. The Bertz CT molecular complexity index is 342. The summed E-state index contributed by atoms with van der Waals surface area (Å²) in [4.78, 5) is 11.0. The molecule has 1 rings (SSSR count). The molecule has 0 atom stereocenters. The van der Waals surface area contributed by atoms with Gasteiger partial charge in [0, 0.05) is 23.5 Å². The fraction of sp³-hybridized carbons (Fsp3) is 0.364. The van der Waals surface area contributed by atoms with Crippen LogP contribution in [0.4, 0.5) is 4.79 Å². The Kier molecular flexibility index (Phi) is 6.58. The third-order valence-corrected chi connectivity index (χ3v) is 1.62. The molecule has 92 valence electrons. The number of hydrogen-bond donors (Lipinski definition) is 1. The number of carbonyl (C=O) groups excluding carboxylic acids is 1. The molecule has 0 unspecified atom stereocenters. The Morgan fingerprint density at radius 2 is 1.81 bits per heavy atom. The van der Waals surface area contributed by atoms with Crippen LogP contribution in [-0.2, 0) is 16.5 Å². The normalized spacial score (nSPS) is 9.25. The number of rotatable bonds is 3. The van der Waals surface area contributed by atoms with Gasteiger partial charge in [-0.2, -0.15) is 0 Å². The van der Waals surface area contributed by atoms with Gasteiger partial charge in [0.05, 0.1) is 6.10 Å². The maximum Gasteiger partial charge on any atom is 0.412 e. The molecule has 0 heterocycles. The molecule has 0 aromatic heterocycles. The number of nitrogens with one attached hydrogen (secondary N) is 1. The van der Waals surface area contributed by atoms with E-state index in [9.17, 15) is 4.79 Å². The molecular formula is C11H15NNiO3. The van der Waals surface area contributed by atoms with Crippen molar-refractivity contribution in [3.63, 3.8) is 0 Å². The second kappa shape index (κ2) is 7.12. The average molecular weight is 268 g/mol. The first-order chi connectivity index (χ1) is 7.13. The summed E-state index contributed by atoms with van der Waals surface area (Å²) in [5.41, 5.74) is 0. The SMILES string of the molecule is CNC(=O)Oc1ccccc1OC(C)C.[Ni]. The maximum absolute atomic E-state index is 11.0. The van der Waals surface area contributed by atoms with Gasteiger partial charge in [0.25, 0.3) is 0 Å². The summed E-state index contributed by atoms with van der Waals surface area (Å²) in [5, 5.41) is 2.38. The molecule has 1 aromatic rings. The maximum atomic E-state index is 11.0. The van der Waals surface area contributed by atoms with Crippen molar-refractivity contribution in [3.8, 4) is 11.5 Å². The second-order valence-corrected chi connectivity index (χ2v) is 3.25. The molecular weight excluding hydrogens is 253 g/mol. The Balaban J connectivity index is 0.00000225. The van der Waals surface area contributed by atoms with Crippen molar-refractivity contribution >= 4 is 6.09 Å². The van der Waals surface area contributed by atoms with Crippen molar-refractivity contribution in [1.29, 1.82) is 0 Å². The predicted molar refractivity (Wildman–Crippen MR) is 57.3 cm³/mol. The van der Waals surface area contributed by atoms with Crippen LogP contribution < -0.4 is 14.8 Å². The zero-order valence-electron chi connectivity index (χ0n) is 9.43. The van der Waals surface area contributed by atoms with E-state index in [-0.39, 0.29) is 22.6 Å². The van der Waals surface area contributed by atoms with Gasteiger partial charge in [-0.3, -0.25) is 0 Å². The minimum Gasteiger partial charge on any atom is -0.487 e. The fourth-order valence-corrected chi connectivity index (χ4v) is 1.04. The Morgan fingerprint density at radius 1 is 1.25 bits per heavy atom. The smallest absolute Gasteiger partial charge is 0.412 e. The van der Waals surface area contributed by atoms with Crippen LogP contribution >= 0.6 is 0 Å². The van der Waals surface area contributed by atoms with Gasteiger partial charge < -0.3 is 14.8 Å². The molecule has 0 saturated heterocycles. The Labute approximate surface area is 105 Å². The fourth-order valence-electron chi connectivity index (χ4n) is 1.04. The molecule has 0 radical (unpaired) electrons. The van der Waals surface area contributed by atoms with Gasteiger partial charge in [-0.15, -0.1) is 0 Å². The van der Waals surface area contributed by atoms with E-state index in [1.807, 2.05) is 19.9 Å². The van der Waals surface area contributed by atoms with Crippen molar-refractivity contribution < 1.29 is 30.8 Å². The number of benzene rings is 1. The van der Waals surface area contributed by atoms with Gasteiger partial charge in [0.15, 0.2) is 11.5 Å². The zero-order chi connectivity index (χ0) is 11.3. The third-order valence-electron chi connectivity index (χ3n) is 1.62. The second-order valence-electron chi connectivity index (χ2n) is 3.25. The van der Waals surface area contributed by atoms with E-state index in [0.717, 1.165) is 0 Å². The molecule has 0 spiro atoms. The summed E-state index contributed by atoms with van der Waals surface area (Å²) < 4.78 is 10.5. The van der Waals surface area contributed by atoms with Gasteiger partial charge in [-0.25, -0.2) is 4.79 Å². The van der Waals surface area contributed by atoms with E-state index in [1.54, 1.807) is 18.2 Å². The molecule has 0 saturated carbocycles. The zero-order valence-corrected chi connectivity index (χ0v) is 10.4. The predicted octanol–water partition coefficient (Wildman–Crippen LogP) is 2.19. The van der Waals surface area contributed by atoms with Crippen LogP contribution in [0.25, 0.3) is 0 Å². The molecule has 4 nitrogen and oxygen atoms in total. The van der Waals surface area contributed by atoms with Crippen LogP contribution in [0.15, 0.2) is 24.3 Å². The van der Waals surface area contributed by atoms with Gasteiger partial charge >= 0.3 is 6.09 Å². The molecule has 1 N–H and O–H groups in total. The summed E-state index contributed by atoms with van der Waals surface area (Å²) >= 11 is 0. The van der Waals surface area contributed by atoms with Gasteiger partial charge in [0.2, 0.25) is 0 Å². The van der Waals surface area contributed by atoms with Crippen molar-refractivity contribution in [1.82, 2.24) is 5.32 Å². The van der Waals surface area contributed by atoms with E-state index in [1.165, 1.54) is 7.05 Å². The average Bonchev–Trinajstić information content (AvgIpc) is 2.20. The molecule has 1 aromatic carbocycles. The minimum atomic E-state index is -0.505. The number of para-hydroxylation sites is 2. The van der Waals surface area contributed by atoms with Gasteiger partial charge in [-0.1, -0.05) is 12.1 Å². The summed E-state index contributed by atoms with van der Waals surface area (Å²) in [6.45, 7) is 3.83. The van der Waals surface area contributed by atoms with Crippen LogP contribution in [0.1, 0.15) is 13.8 Å². The van der Waals surface area contributed by atoms with Crippen LogP contribution in [0.5, 0.6) is 11.5 Å².